The van der Waals surface area contributed by atoms with Crippen molar-refractivity contribution < 1.29 is 20.2 Å². The second kappa shape index (κ2) is 11.0. The summed E-state index contributed by atoms with van der Waals surface area (Å²) in [6.07, 6.45) is 0.667. The summed E-state index contributed by atoms with van der Waals surface area (Å²) in [5, 5.41) is 7.42. The number of carbonyl (C=O) groups is 2. The fourth-order valence-electron chi connectivity index (χ4n) is 0. The highest BCUT2D eigenvalue weighted by Gasteiger charge is 1.76. The highest BCUT2D eigenvalue weighted by molar-refractivity contribution is 5.74. The summed E-state index contributed by atoms with van der Waals surface area (Å²) in [4.78, 5) is 18.8. The molecule has 0 aromatic carbocycles. The summed E-state index contributed by atoms with van der Waals surface area (Å²) in [6, 6.07) is 0. The van der Waals surface area contributed by atoms with Crippen molar-refractivity contribution >= 4 is 11.8 Å². The molecule has 0 atom stereocenters. The lowest BCUT2D eigenvalue weighted by atomic mass is 10.4. The van der Waals surface area contributed by atoms with Crippen molar-refractivity contribution in [3.8, 4) is 0 Å². The molecule has 4 nitrogen and oxygen atoms in total. The molecule has 62 valence electrons. The standard InChI is InChI=1S/C4H8O.C2H4O2.H2O/c1-3-4(2)5;1-2(3)4;/h3H2,1-2H3;1H3,(H,3,4);1H2. The average molecular weight is 150 g/mol. The van der Waals surface area contributed by atoms with Gasteiger partial charge in [-0.25, -0.2) is 0 Å². The van der Waals surface area contributed by atoms with Crippen LogP contribution in [0.3, 0.4) is 0 Å². The van der Waals surface area contributed by atoms with E-state index in [1.54, 1.807) is 6.92 Å². The minimum Gasteiger partial charge on any atom is -0.481 e. The first-order chi connectivity index (χ1) is 4.00. The highest BCUT2D eigenvalue weighted by atomic mass is 16.4. The first-order valence-corrected chi connectivity index (χ1v) is 2.69. The molecule has 0 aliphatic carbocycles. The minimum atomic E-state index is -0.833. The summed E-state index contributed by atoms with van der Waals surface area (Å²) in [5.74, 6) is -0.579. The van der Waals surface area contributed by atoms with Crippen LogP contribution in [0.15, 0.2) is 0 Å². The van der Waals surface area contributed by atoms with Gasteiger partial charge in [-0.2, -0.15) is 0 Å². The van der Waals surface area contributed by atoms with Gasteiger partial charge < -0.3 is 15.4 Å². The van der Waals surface area contributed by atoms with Gasteiger partial charge in [0.2, 0.25) is 0 Å². The zero-order chi connectivity index (χ0) is 7.86. The number of carboxylic acid groups (broad SMARTS) is 1. The maximum Gasteiger partial charge on any atom is 0.300 e. The second-order valence-corrected chi connectivity index (χ2v) is 1.57. The van der Waals surface area contributed by atoms with Gasteiger partial charge in [0.05, 0.1) is 0 Å². The van der Waals surface area contributed by atoms with E-state index in [4.69, 9.17) is 9.90 Å². The predicted molar refractivity (Wildman–Crippen MR) is 37.9 cm³/mol. The Morgan fingerprint density at radius 2 is 1.40 bits per heavy atom. The van der Waals surface area contributed by atoms with Crippen LogP contribution in [-0.2, 0) is 9.59 Å². The molecule has 0 amide bonds. The number of carbonyl (C=O) groups excluding carboxylic acids is 1. The lowest BCUT2D eigenvalue weighted by Gasteiger charge is -1.71. The summed E-state index contributed by atoms with van der Waals surface area (Å²) < 4.78 is 0. The van der Waals surface area contributed by atoms with E-state index in [9.17, 15) is 4.79 Å². The molecule has 0 aromatic heterocycles. The summed E-state index contributed by atoms with van der Waals surface area (Å²) >= 11 is 0. The molecule has 0 saturated heterocycles. The van der Waals surface area contributed by atoms with E-state index in [2.05, 4.69) is 0 Å². The Morgan fingerprint density at radius 1 is 1.30 bits per heavy atom. The van der Waals surface area contributed by atoms with Crippen molar-refractivity contribution in [1.82, 2.24) is 0 Å². The first kappa shape index (κ1) is 16.0. The van der Waals surface area contributed by atoms with Crippen LogP contribution in [-0.4, -0.2) is 22.3 Å². The van der Waals surface area contributed by atoms with E-state index in [-0.39, 0.29) is 11.3 Å². The molecule has 0 heterocycles. The second-order valence-electron chi connectivity index (χ2n) is 1.57. The van der Waals surface area contributed by atoms with Crippen LogP contribution in [0.1, 0.15) is 27.2 Å². The van der Waals surface area contributed by atoms with E-state index in [0.717, 1.165) is 6.92 Å². The van der Waals surface area contributed by atoms with E-state index in [0.29, 0.717) is 6.42 Å². The van der Waals surface area contributed by atoms with E-state index >= 15 is 0 Å². The smallest absolute Gasteiger partial charge is 0.300 e. The number of rotatable bonds is 1. The Morgan fingerprint density at radius 3 is 1.40 bits per heavy atom. The molecule has 0 fully saturated rings. The van der Waals surface area contributed by atoms with Crippen molar-refractivity contribution in [2.45, 2.75) is 27.2 Å². The molecule has 0 aliphatic rings. The molecule has 0 radical (unpaired) electrons. The third-order valence-electron chi connectivity index (χ3n) is 0.498. The van der Waals surface area contributed by atoms with Gasteiger partial charge in [-0.3, -0.25) is 4.79 Å². The molecule has 0 rings (SSSR count). The Kier molecular flexibility index (Phi) is 17.6. The van der Waals surface area contributed by atoms with Crippen LogP contribution in [0.5, 0.6) is 0 Å². The van der Waals surface area contributed by atoms with Crippen LogP contribution < -0.4 is 0 Å². The molecule has 0 bridgehead atoms. The van der Waals surface area contributed by atoms with Gasteiger partial charge in [-0.05, 0) is 6.92 Å². The maximum atomic E-state index is 9.81. The topological polar surface area (TPSA) is 85.9 Å². The Labute approximate surface area is 60.2 Å². The Bertz CT molecular complexity index is 93.9. The molecule has 0 aliphatic heterocycles. The predicted octanol–water partition coefficient (Wildman–Crippen LogP) is 0.252. The van der Waals surface area contributed by atoms with Gasteiger partial charge >= 0.3 is 0 Å². The average Bonchev–Trinajstić information content (AvgIpc) is 1.65. The highest BCUT2D eigenvalue weighted by Crippen LogP contribution is 1.71. The van der Waals surface area contributed by atoms with Gasteiger partial charge in [0.25, 0.3) is 5.97 Å². The number of aliphatic carboxylic acids is 1. The van der Waals surface area contributed by atoms with E-state index in [1.165, 1.54) is 0 Å². The zero-order valence-electron chi connectivity index (χ0n) is 6.47. The fourth-order valence-corrected chi connectivity index (χ4v) is 0. The molecule has 0 unspecified atom stereocenters. The van der Waals surface area contributed by atoms with Gasteiger partial charge in [0.1, 0.15) is 5.78 Å². The third-order valence-corrected chi connectivity index (χ3v) is 0.498. The summed E-state index contributed by atoms with van der Waals surface area (Å²) in [7, 11) is 0. The van der Waals surface area contributed by atoms with Gasteiger partial charge in [-0.1, -0.05) is 6.92 Å². The van der Waals surface area contributed by atoms with E-state index in [1.807, 2.05) is 6.92 Å². The van der Waals surface area contributed by atoms with Crippen LogP contribution in [0.4, 0.5) is 0 Å². The molecule has 0 spiro atoms. The molecular formula is C6H14O4. The van der Waals surface area contributed by atoms with Crippen LogP contribution in [0, 0.1) is 0 Å². The molecule has 0 saturated carbocycles. The minimum absolute atomic E-state index is 0. The van der Waals surface area contributed by atoms with Crippen molar-refractivity contribution in [1.29, 1.82) is 0 Å². The number of carboxylic acids is 1. The Hall–Kier alpha value is -0.900. The van der Waals surface area contributed by atoms with E-state index < -0.39 is 5.97 Å². The number of hydrogen-bond acceptors (Lipinski definition) is 2. The quantitative estimate of drug-likeness (QED) is 0.581. The normalized spacial score (nSPS) is 6.30. The molecule has 0 aromatic rings. The van der Waals surface area contributed by atoms with Crippen LogP contribution in [0.2, 0.25) is 0 Å². The molecule has 4 heteroatoms. The monoisotopic (exact) mass is 150 g/mol. The first-order valence-electron chi connectivity index (χ1n) is 2.69. The number of ketones is 1. The summed E-state index contributed by atoms with van der Waals surface area (Å²) in [6.45, 7) is 4.52. The molecule has 3 N–H and O–H groups in total. The maximum absolute atomic E-state index is 9.81. The third kappa shape index (κ3) is 218. The lowest BCUT2D eigenvalue weighted by molar-refractivity contribution is -0.134. The molecule has 10 heavy (non-hydrogen) atoms. The number of Topliss-reactive ketones (excluding diaryl/α,β-unsaturated/α-hetero) is 1. The van der Waals surface area contributed by atoms with Crippen molar-refractivity contribution in [3.05, 3.63) is 0 Å². The fraction of sp³-hybridized carbons (Fsp3) is 0.667. The SMILES string of the molecule is CC(=O)O.CCC(C)=O.O. The van der Waals surface area contributed by atoms with Crippen molar-refractivity contribution in [2.24, 2.45) is 0 Å². The van der Waals surface area contributed by atoms with Crippen LogP contribution >= 0.6 is 0 Å². The van der Waals surface area contributed by atoms with Crippen molar-refractivity contribution in [3.63, 3.8) is 0 Å². The van der Waals surface area contributed by atoms with Gasteiger partial charge in [-0.15, -0.1) is 0 Å². The number of hydrogen-bond donors (Lipinski definition) is 1. The van der Waals surface area contributed by atoms with Gasteiger partial charge in [0, 0.05) is 13.3 Å². The zero-order valence-corrected chi connectivity index (χ0v) is 6.47. The van der Waals surface area contributed by atoms with Crippen molar-refractivity contribution in [2.75, 3.05) is 0 Å². The lowest BCUT2D eigenvalue weighted by Crippen LogP contribution is -1.80. The van der Waals surface area contributed by atoms with Crippen LogP contribution in [0.25, 0.3) is 0 Å². The largest absolute Gasteiger partial charge is 0.481 e. The van der Waals surface area contributed by atoms with Gasteiger partial charge in [0.15, 0.2) is 0 Å². The molecular weight excluding hydrogens is 136 g/mol. The summed E-state index contributed by atoms with van der Waals surface area (Å²) in [5.41, 5.74) is 0. The Balaban J connectivity index is -0.0000000910.